The average Bonchev–Trinajstić information content (AvgIpc) is 2.55. The molecule has 2 aromatic carbocycles. The third kappa shape index (κ3) is 4.09. The Labute approximate surface area is 145 Å². The number of alkyl halides is 2. The fraction of sp³-hybridized carbons (Fsp3) is 0.0714. The van der Waals surface area contributed by atoms with Crippen LogP contribution < -0.4 is 5.32 Å². The number of sulfone groups is 1. The summed E-state index contributed by atoms with van der Waals surface area (Å²) in [5.41, 5.74) is -0.385. The standard InChI is InChI=1S/C14H9ClF2N2O5S/c15-11-6-1-8(7-12(11)19(21)22)13(20)18-9-2-4-10(5-3-9)25(23,24)14(16)17/h1-7,14H,(H,18,20). The van der Waals surface area contributed by atoms with Gasteiger partial charge >= 0.3 is 5.76 Å². The van der Waals surface area contributed by atoms with E-state index < -0.39 is 37.0 Å². The monoisotopic (exact) mass is 390 g/mol. The molecule has 0 radical (unpaired) electrons. The molecule has 0 saturated heterocycles. The molecule has 11 heteroatoms. The number of amides is 1. The van der Waals surface area contributed by atoms with Crippen LogP contribution in [0.3, 0.4) is 0 Å². The zero-order valence-corrected chi connectivity index (χ0v) is 13.7. The molecule has 0 aromatic heterocycles. The van der Waals surface area contributed by atoms with E-state index in [1.54, 1.807) is 0 Å². The highest BCUT2D eigenvalue weighted by atomic mass is 35.5. The molecule has 132 valence electrons. The van der Waals surface area contributed by atoms with E-state index in [1.807, 2.05) is 0 Å². The number of halogens is 3. The van der Waals surface area contributed by atoms with Crippen LogP contribution in [0.5, 0.6) is 0 Å². The van der Waals surface area contributed by atoms with E-state index in [9.17, 15) is 32.1 Å². The van der Waals surface area contributed by atoms with E-state index in [0.717, 1.165) is 30.3 Å². The molecule has 2 rings (SSSR count). The number of anilines is 1. The van der Waals surface area contributed by atoms with Gasteiger partial charge in [0.15, 0.2) is 0 Å². The molecule has 0 atom stereocenters. The lowest BCUT2D eigenvalue weighted by Gasteiger charge is -2.07. The van der Waals surface area contributed by atoms with Crippen LogP contribution in [0.15, 0.2) is 47.4 Å². The fourth-order valence-electron chi connectivity index (χ4n) is 1.83. The highest BCUT2D eigenvalue weighted by molar-refractivity contribution is 7.91. The van der Waals surface area contributed by atoms with Crippen molar-refractivity contribution in [3.63, 3.8) is 0 Å². The number of nitrogens with zero attached hydrogens (tertiary/aromatic N) is 1. The van der Waals surface area contributed by atoms with Gasteiger partial charge in [-0.25, -0.2) is 8.42 Å². The number of carbonyl (C=O) groups is 1. The van der Waals surface area contributed by atoms with Crippen LogP contribution in [0, 0.1) is 10.1 Å². The van der Waals surface area contributed by atoms with Gasteiger partial charge in [0.2, 0.25) is 9.84 Å². The summed E-state index contributed by atoms with van der Waals surface area (Å²) in [6.45, 7) is 0. The molecule has 0 aliphatic heterocycles. The Morgan fingerprint density at radius 2 is 1.76 bits per heavy atom. The molecule has 0 aliphatic carbocycles. The van der Waals surface area contributed by atoms with Crippen molar-refractivity contribution in [2.45, 2.75) is 10.7 Å². The van der Waals surface area contributed by atoms with E-state index in [1.165, 1.54) is 12.1 Å². The smallest absolute Gasteiger partial charge is 0.322 e. The molecular formula is C14H9ClF2N2O5S. The lowest BCUT2D eigenvalue weighted by atomic mass is 10.2. The minimum absolute atomic E-state index is 0.0552. The van der Waals surface area contributed by atoms with Gasteiger partial charge in [0.25, 0.3) is 11.6 Å². The summed E-state index contributed by atoms with van der Waals surface area (Å²) in [5, 5.41) is 13.0. The van der Waals surface area contributed by atoms with Crippen LogP contribution in [-0.2, 0) is 9.84 Å². The van der Waals surface area contributed by atoms with Gasteiger partial charge < -0.3 is 5.32 Å². The normalized spacial score (nSPS) is 11.4. The fourth-order valence-corrected chi connectivity index (χ4v) is 2.74. The van der Waals surface area contributed by atoms with Gasteiger partial charge in [-0.2, -0.15) is 8.78 Å². The van der Waals surface area contributed by atoms with Crippen molar-refractivity contribution in [3.8, 4) is 0 Å². The van der Waals surface area contributed by atoms with Crippen molar-refractivity contribution in [1.29, 1.82) is 0 Å². The van der Waals surface area contributed by atoms with Crippen molar-refractivity contribution in [2.24, 2.45) is 0 Å². The highest BCUT2D eigenvalue weighted by Gasteiger charge is 2.26. The number of hydrogen-bond donors (Lipinski definition) is 1. The molecule has 0 heterocycles. The Morgan fingerprint density at radius 1 is 1.16 bits per heavy atom. The molecule has 1 amide bonds. The van der Waals surface area contributed by atoms with E-state index >= 15 is 0 Å². The zero-order valence-electron chi connectivity index (χ0n) is 12.1. The van der Waals surface area contributed by atoms with Gasteiger partial charge in [-0.05, 0) is 36.4 Å². The minimum Gasteiger partial charge on any atom is -0.322 e. The molecule has 0 bridgehead atoms. The van der Waals surface area contributed by atoms with Gasteiger partial charge in [-0.15, -0.1) is 0 Å². The molecule has 0 spiro atoms. The second-order valence-electron chi connectivity index (χ2n) is 4.71. The Bertz CT molecular complexity index is 933. The molecule has 7 nitrogen and oxygen atoms in total. The third-order valence-electron chi connectivity index (χ3n) is 3.08. The molecule has 0 unspecified atom stereocenters. The van der Waals surface area contributed by atoms with Crippen molar-refractivity contribution in [1.82, 2.24) is 0 Å². The van der Waals surface area contributed by atoms with Gasteiger partial charge in [0.1, 0.15) is 5.02 Å². The third-order valence-corrected chi connectivity index (χ3v) is 4.80. The summed E-state index contributed by atoms with van der Waals surface area (Å²) in [6, 6.07) is 7.51. The van der Waals surface area contributed by atoms with Crippen LogP contribution >= 0.6 is 11.6 Å². The first kappa shape index (κ1) is 18.7. The van der Waals surface area contributed by atoms with Crippen molar-refractivity contribution < 1.29 is 26.9 Å². The summed E-state index contributed by atoms with van der Waals surface area (Å²) in [6.07, 6.45) is 0. The first-order valence-electron chi connectivity index (χ1n) is 6.50. The van der Waals surface area contributed by atoms with Crippen LogP contribution in [-0.4, -0.2) is 25.0 Å². The predicted molar refractivity (Wildman–Crippen MR) is 85.7 cm³/mol. The first-order chi connectivity index (χ1) is 11.6. The maximum Gasteiger partial charge on any atom is 0.341 e. The van der Waals surface area contributed by atoms with Crippen LogP contribution in [0.4, 0.5) is 20.2 Å². The summed E-state index contributed by atoms with van der Waals surface area (Å²) in [4.78, 5) is 21.5. The number of benzene rings is 2. The van der Waals surface area contributed by atoms with Crippen LogP contribution in [0.2, 0.25) is 5.02 Å². The second kappa shape index (κ2) is 7.11. The number of nitro benzene ring substituents is 1. The van der Waals surface area contributed by atoms with Gasteiger partial charge in [0, 0.05) is 17.3 Å². The average molecular weight is 391 g/mol. The predicted octanol–water partition coefficient (Wildman–Crippen LogP) is 3.50. The lowest BCUT2D eigenvalue weighted by Crippen LogP contribution is -2.13. The number of nitrogens with one attached hydrogen (secondary N) is 1. The lowest BCUT2D eigenvalue weighted by molar-refractivity contribution is -0.384. The number of rotatable bonds is 5. The van der Waals surface area contributed by atoms with E-state index in [4.69, 9.17) is 11.6 Å². The largest absolute Gasteiger partial charge is 0.341 e. The van der Waals surface area contributed by atoms with Gasteiger partial charge in [-0.3, -0.25) is 14.9 Å². The quantitative estimate of drug-likeness (QED) is 0.621. The van der Waals surface area contributed by atoms with Crippen LogP contribution in [0.25, 0.3) is 0 Å². The maximum atomic E-state index is 12.4. The number of carbonyl (C=O) groups excluding carboxylic acids is 1. The van der Waals surface area contributed by atoms with Gasteiger partial charge in [-0.1, -0.05) is 11.6 Å². The Morgan fingerprint density at radius 3 is 2.28 bits per heavy atom. The van der Waals surface area contributed by atoms with Crippen LogP contribution in [0.1, 0.15) is 10.4 Å². The van der Waals surface area contributed by atoms with Crippen molar-refractivity contribution in [3.05, 3.63) is 63.2 Å². The molecule has 0 fully saturated rings. The highest BCUT2D eigenvalue weighted by Crippen LogP contribution is 2.26. The van der Waals surface area contributed by atoms with E-state index in [2.05, 4.69) is 5.32 Å². The molecule has 0 saturated carbocycles. The first-order valence-corrected chi connectivity index (χ1v) is 8.43. The minimum atomic E-state index is -4.73. The molecule has 1 N–H and O–H groups in total. The van der Waals surface area contributed by atoms with Crippen molar-refractivity contribution >= 4 is 38.7 Å². The number of nitro groups is 1. The van der Waals surface area contributed by atoms with Crippen molar-refractivity contribution in [2.75, 3.05) is 5.32 Å². The summed E-state index contributed by atoms with van der Waals surface area (Å²) in [5.74, 6) is -4.27. The topological polar surface area (TPSA) is 106 Å². The van der Waals surface area contributed by atoms with Gasteiger partial charge in [0.05, 0.1) is 9.82 Å². The second-order valence-corrected chi connectivity index (χ2v) is 7.03. The Balaban J connectivity index is 2.22. The molecule has 2 aromatic rings. The summed E-state index contributed by atoms with van der Waals surface area (Å²) < 4.78 is 47.5. The Hall–Kier alpha value is -2.59. The summed E-state index contributed by atoms with van der Waals surface area (Å²) >= 11 is 5.65. The Kier molecular flexibility index (Phi) is 5.33. The zero-order chi connectivity index (χ0) is 18.8. The molecular weight excluding hydrogens is 382 g/mol. The van der Waals surface area contributed by atoms with E-state index in [-0.39, 0.29) is 16.3 Å². The summed E-state index contributed by atoms with van der Waals surface area (Å²) in [7, 11) is -4.73. The van der Waals surface area contributed by atoms with E-state index in [0.29, 0.717) is 0 Å². The number of hydrogen-bond acceptors (Lipinski definition) is 5. The SMILES string of the molecule is O=C(Nc1ccc(S(=O)(=O)C(F)F)cc1)c1ccc(Cl)c([N+](=O)[O-])c1. The molecule has 0 aliphatic rings. The maximum absolute atomic E-state index is 12.4. The molecule has 25 heavy (non-hydrogen) atoms.